The molecular weight excluding hydrogens is 270 g/mol. The van der Waals surface area contributed by atoms with Gasteiger partial charge >= 0.3 is 0 Å². The number of carbonyl (C=O) groups excluding carboxylic acids is 2. The Morgan fingerprint density at radius 3 is 2.86 bits per heavy atom. The fraction of sp³-hybridized carbons (Fsp3) is 0.643. The van der Waals surface area contributed by atoms with Gasteiger partial charge in [-0.05, 0) is 12.8 Å². The molecule has 3 heterocycles. The summed E-state index contributed by atoms with van der Waals surface area (Å²) >= 11 is 0. The molecule has 1 unspecified atom stereocenters. The first-order valence-corrected chi connectivity index (χ1v) is 7.44. The lowest BCUT2D eigenvalue weighted by molar-refractivity contribution is -0.137. The lowest BCUT2D eigenvalue weighted by Gasteiger charge is -2.34. The number of aromatic amines is 1. The first-order valence-electron chi connectivity index (χ1n) is 7.44. The van der Waals surface area contributed by atoms with Crippen molar-refractivity contribution in [1.82, 2.24) is 25.5 Å². The first-order chi connectivity index (χ1) is 10.2. The van der Waals surface area contributed by atoms with Crippen LogP contribution in [0.4, 0.5) is 0 Å². The van der Waals surface area contributed by atoms with Crippen LogP contribution in [-0.2, 0) is 22.6 Å². The minimum Gasteiger partial charge on any atom is -0.359 e. The van der Waals surface area contributed by atoms with Crippen molar-refractivity contribution in [2.75, 3.05) is 20.1 Å². The topological polar surface area (TPSA) is 90.1 Å². The van der Waals surface area contributed by atoms with Crippen molar-refractivity contribution in [2.45, 2.75) is 31.8 Å². The number of aromatic nitrogens is 2. The van der Waals surface area contributed by atoms with E-state index in [4.69, 9.17) is 0 Å². The predicted molar refractivity (Wildman–Crippen MR) is 76.3 cm³/mol. The standard InChI is InChI=1S/C14H21N5O2/c1-15-13(20)9-2-4-19(5-3-9)14(21)11-6-10-12(7-16-11)18-8-17-10/h8-9,11,16H,2-7H2,1H3,(H,15,20)(H,17,18). The molecule has 2 aliphatic heterocycles. The second-order valence-corrected chi connectivity index (χ2v) is 5.68. The van der Waals surface area contributed by atoms with Gasteiger partial charge in [-0.3, -0.25) is 14.9 Å². The largest absolute Gasteiger partial charge is 0.359 e. The van der Waals surface area contributed by atoms with Crippen LogP contribution in [0.25, 0.3) is 0 Å². The number of fused-ring (bicyclic) bond motifs is 1. The third kappa shape index (κ3) is 2.78. The van der Waals surface area contributed by atoms with Crippen LogP contribution in [0.1, 0.15) is 24.2 Å². The van der Waals surface area contributed by atoms with Crippen molar-refractivity contribution in [1.29, 1.82) is 0 Å². The van der Waals surface area contributed by atoms with Gasteiger partial charge in [0.2, 0.25) is 11.8 Å². The van der Waals surface area contributed by atoms with Crippen LogP contribution < -0.4 is 10.6 Å². The highest BCUT2D eigenvalue weighted by atomic mass is 16.2. The van der Waals surface area contributed by atoms with E-state index in [1.54, 1.807) is 13.4 Å². The predicted octanol–water partition coefficient (Wildman–Crippen LogP) is -0.591. The summed E-state index contributed by atoms with van der Waals surface area (Å²) in [7, 11) is 1.66. The van der Waals surface area contributed by atoms with E-state index in [1.165, 1.54) is 0 Å². The van der Waals surface area contributed by atoms with E-state index in [0.717, 1.165) is 24.2 Å². The maximum absolute atomic E-state index is 12.6. The van der Waals surface area contributed by atoms with Crippen molar-refractivity contribution in [2.24, 2.45) is 5.92 Å². The maximum atomic E-state index is 12.6. The average molecular weight is 291 g/mol. The quantitative estimate of drug-likeness (QED) is 0.679. The zero-order valence-electron chi connectivity index (χ0n) is 12.2. The van der Waals surface area contributed by atoms with Crippen LogP contribution in [0.3, 0.4) is 0 Å². The van der Waals surface area contributed by atoms with Gasteiger partial charge in [0, 0.05) is 39.0 Å². The minimum atomic E-state index is -0.197. The van der Waals surface area contributed by atoms with Crippen LogP contribution in [0.2, 0.25) is 0 Å². The fourth-order valence-corrected chi connectivity index (χ4v) is 3.13. The second kappa shape index (κ2) is 5.85. The van der Waals surface area contributed by atoms with Gasteiger partial charge in [-0.25, -0.2) is 4.98 Å². The number of likely N-dealkylation sites (tertiary alicyclic amines) is 1. The number of nitrogens with one attached hydrogen (secondary N) is 3. The third-order valence-corrected chi connectivity index (χ3v) is 4.45. The Hall–Kier alpha value is -1.89. The third-order valence-electron chi connectivity index (χ3n) is 4.45. The van der Waals surface area contributed by atoms with Crippen molar-refractivity contribution >= 4 is 11.8 Å². The Kier molecular flexibility index (Phi) is 3.92. The van der Waals surface area contributed by atoms with E-state index >= 15 is 0 Å². The molecule has 0 spiro atoms. The van der Waals surface area contributed by atoms with Gasteiger partial charge in [0.25, 0.3) is 0 Å². The molecule has 2 aliphatic rings. The lowest BCUT2D eigenvalue weighted by atomic mass is 9.95. The van der Waals surface area contributed by atoms with E-state index in [2.05, 4.69) is 20.6 Å². The molecule has 1 saturated heterocycles. The van der Waals surface area contributed by atoms with Gasteiger partial charge in [0.1, 0.15) is 0 Å². The van der Waals surface area contributed by atoms with Crippen LogP contribution in [0, 0.1) is 5.92 Å². The van der Waals surface area contributed by atoms with Gasteiger partial charge in [-0.2, -0.15) is 0 Å². The molecule has 1 fully saturated rings. The molecule has 3 N–H and O–H groups in total. The average Bonchev–Trinajstić information content (AvgIpc) is 3.01. The number of piperidine rings is 1. The molecule has 0 saturated carbocycles. The van der Waals surface area contributed by atoms with Crippen LogP contribution in [0.15, 0.2) is 6.33 Å². The van der Waals surface area contributed by atoms with Gasteiger partial charge < -0.3 is 15.2 Å². The molecule has 1 aromatic rings. The summed E-state index contributed by atoms with van der Waals surface area (Å²) in [6.07, 6.45) is 3.79. The zero-order chi connectivity index (χ0) is 14.8. The minimum absolute atomic E-state index is 0.0382. The van der Waals surface area contributed by atoms with Crippen LogP contribution in [-0.4, -0.2) is 52.9 Å². The number of hydrogen-bond donors (Lipinski definition) is 3. The Morgan fingerprint density at radius 1 is 1.38 bits per heavy atom. The van der Waals surface area contributed by atoms with E-state index in [9.17, 15) is 9.59 Å². The summed E-state index contributed by atoms with van der Waals surface area (Å²) in [6, 6.07) is -0.197. The van der Waals surface area contributed by atoms with Gasteiger partial charge in [-0.15, -0.1) is 0 Å². The maximum Gasteiger partial charge on any atom is 0.240 e. The molecule has 0 aromatic carbocycles. The second-order valence-electron chi connectivity index (χ2n) is 5.68. The zero-order valence-corrected chi connectivity index (χ0v) is 12.2. The van der Waals surface area contributed by atoms with Gasteiger partial charge in [0.15, 0.2) is 0 Å². The molecule has 0 bridgehead atoms. The molecule has 0 aliphatic carbocycles. The highest BCUT2D eigenvalue weighted by Gasteiger charge is 2.32. The van der Waals surface area contributed by atoms with Gasteiger partial charge in [0.05, 0.1) is 23.8 Å². The van der Waals surface area contributed by atoms with Crippen molar-refractivity contribution in [3.63, 3.8) is 0 Å². The lowest BCUT2D eigenvalue weighted by Crippen LogP contribution is -2.52. The number of nitrogens with zero attached hydrogens (tertiary/aromatic N) is 2. The van der Waals surface area contributed by atoms with E-state index in [-0.39, 0.29) is 23.8 Å². The Labute approximate surface area is 123 Å². The van der Waals surface area contributed by atoms with Crippen LogP contribution >= 0.6 is 0 Å². The summed E-state index contributed by atoms with van der Waals surface area (Å²) in [5.74, 6) is 0.245. The molecule has 21 heavy (non-hydrogen) atoms. The van der Waals surface area contributed by atoms with E-state index in [0.29, 0.717) is 26.1 Å². The molecule has 0 radical (unpaired) electrons. The number of amides is 2. The van der Waals surface area contributed by atoms with E-state index < -0.39 is 0 Å². The monoisotopic (exact) mass is 291 g/mol. The summed E-state index contributed by atoms with van der Waals surface area (Å²) in [5.41, 5.74) is 2.05. The summed E-state index contributed by atoms with van der Waals surface area (Å²) in [4.78, 5) is 33.4. The van der Waals surface area contributed by atoms with Crippen LogP contribution in [0.5, 0.6) is 0 Å². The van der Waals surface area contributed by atoms with E-state index in [1.807, 2.05) is 4.90 Å². The summed E-state index contributed by atoms with van der Waals surface area (Å²) in [6.45, 7) is 1.96. The highest BCUT2D eigenvalue weighted by Crippen LogP contribution is 2.20. The smallest absolute Gasteiger partial charge is 0.240 e. The number of rotatable bonds is 2. The fourth-order valence-electron chi connectivity index (χ4n) is 3.13. The Bertz CT molecular complexity index is 533. The highest BCUT2D eigenvalue weighted by molar-refractivity contribution is 5.83. The molecule has 7 heteroatoms. The molecule has 114 valence electrons. The molecule has 1 atom stereocenters. The normalized spacial score (nSPS) is 22.7. The number of imidazole rings is 1. The van der Waals surface area contributed by atoms with Crippen molar-refractivity contribution in [3.8, 4) is 0 Å². The molecule has 2 amide bonds. The molecular formula is C14H21N5O2. The summed E-state index contributed by atoms with van der Waals surface area (Å²) < 4.78 is 0. The molecule has 1 aromatic heterocycles. The van der Waals surface area contributed by atoms with Crippen molar-refractivity contribution in [3.05, 3.63) is 17.7 Å². The number of carbonyl (C=O) groups is 2. The molecule has 7 nitrogen and oxygen atoms in total. The number of H-pyrrole nitrogens is 1. The van der Waals surface area contributed by atoms with Gasteiger partial charge in [-0.1, -0.05) is 0 Å². The number of hydrogen-bond acceptors (Lipinski definition) is 4. The Morgan fingerprint density at radius 2 is 2.14 bits per heavy atom. The first kappa shape index (κ1) is 14.1. The summed E-state index contributed by atoms with van der Waals surface area (Å²) in [5, 5.41) is 5.95. The SMILES string of the molecule is CNC(=O)C1CCN(C(=O)C2Cc3nc[nH]c3CN2)CC1. The van der Waals surface area contributed by atoms with Crippen molar-refractivity contribution < 1.29 is 9.59 Å². The molecule has 3 rings (SSSR count). The Balaban J connectivity index is 1.57.